The van der Waals surface area contributed by atoms with E-state index in [0.717, 1.165) is 17.8 Å². The number of aromatic nitrogens is 1. The van der Waals surface area contributed by atoms with Crippen molar-refractivity contribution in [3.8, 4) is 0 Å². The number of nitrogens with one attached hydrogen (secondary N) is 1. The largest absolute Gasteiger partial charge is 0.360 e. The summed E-state index contributed by atoms with van der Waals surface area (Å²) in [6, 6.07) is 10.1. The van der Waals surface area contributed by atoms with Crippen LogP contribution >= 0.6 is 0 Å². The number of anilines is 1. The molecule has 0 aliphatic rings. The lowest BCUT2D eigenvalue weighted by Crippen LogP contribution is -2.16. The van der Waals surface area contributed by atoms with Crippen molar-refractivity contribution in [2.24, 2.45) is 5.14 Å². The first-order valence-electron chi connectivity index (χ1n) is 5.83. The fraction of sp³-hybridized carbons (Fsp3) is 0.0833. The van der Waals surface area contributed by atoms with Crippen LogP contribution in [0.1, 0.15) is 5.56 Å². The molecule has 0 bridgehead atoms. The van der Waals surface area contributed by atoms with E-state index in [1.807, 2.05) is 30.3 Å². The molecular weight excluding hydrogens is 296 g/mol. The third-order valence-electron chi connectivity index (χ3n) is 2.68. The lowest BCUT2D eigenvalue weighted by atomic mass is 10.2. The van der Waals surface area contributed by atoms with Crippen molar-refractivity contribution in [3.63, 3.8) is 0 Å². The van der Waals surface area contributed by atoms with Crippen LogP contribution in [0.15, 0.2) is 47.5 Å². The number of nitrogens with two attached hydrogens (primary N) is 1. The molecule has 0 amide bonds. The van der Waals surface area contributed by atoms with Gasteiger partial charge in [0.15, 0.2) is 4.90 Å². The molecule has 0 aliphatic carbocycles. The fourth-order valence-corrected chi connectivity index (χ4v) is 2.44. The van der Waals surface area contributed by atoms with Gasteiger partial charge in [0.2, 0.25) is 15.8 Å². The standard InChI is InChI=1S/C12H12N4O4S/c13-21(19,20)10-6-7-14-12(11(10)16(17)18)15-8-9-4-2-1-3-5-9/h1-7H,8H2,(H,14,15)(H2,13,19,20). The van der Waals surface area contributed by atoms with E-state index in [0.29, 0.717) is 0 Å². The van der Waals surface area contributed by atoms with Gasteiger partial charge in [-0.2, -0.15) is 0 Å². The number of rotatable bonds is 5. The summed E-state index contributed by atoms with van der Waals surface area (Å²) in [5.41, 5.74) is 0.213. The molecule has 0 aliphatic heterocycles. The molecule has 9 heteroatoms. The monoisotopic (exact) mass is 308 g/mol. The molecule has 0 saturated heterocycles. The maximum Gasteiger partial charge on any atom is 0.331 e. The van der Waals surface area contributed by atoms with Crippen molar-refractivity contribution in [1.29, 1.82) is 0 Å². The molecule has 0 atom stereocenters. The molecule has 0 fully saturated rings. The topological polar surface area (TPSA) is 128 Å². The van der Waals surface area contributed by atoms with Gasteiger partial charge in [-0.05, 0) is 11.6 Å². The normalized spacial score (nSPS) is 11.1. The van der Waals surface area contributed by atoms with Crippen molar-refractivity contribution >= 4 is 21.5 Å². The number of pyridine rings is 1. The summed E-state index contributed by atoms with van der Waals surface area (Å²) in [4.78, 5) is 13.5. The van der Waals surface area contributed by atoms with Crippen LogP contribution in [0.3, 0.4) is 0 Å². The molecule has 2 aromatic rings. The predicted molar refractivity (Wildman–Crippen MR) is 76.0 cm³/mol. The second kappa shape index (κ2) is 5.85. The Kier molecular flexibility index (Phi) is 4.15. The zero-order chi connectivity index (χ0) is 15.5. The molecule has 8 nitrogen and oxygen atoms in total. The average molecular weight is 308 g/mol. The minimum atomic E-state index is -4.21. The number of nitrogens with zero attached hydrogens (tertiary/aromatic N) is 2. The molecule has 110 valence electrons. The number of sulfonamides is 1. The van der Waals surface area contributed by atoms with E-state index in [1.54, 1.807) is 0 Å². The Morgan fingerprint density at radius 3 is 2.48 bits per heavy atom. The Labute approximate surface area is 120 Å². The molecule has 3 N–H and O–H groups in total. The highest BCUT2D eigenvalue weighted by Gasteiger charge is 2.27. The van der Waals surface area contributed by atoms with Gasteiger partial charge >= 0.3 is 5.69 Å². The van der Waals surface area contributed by atoms with Crippen molar-refractivity contribution in [2.45, 2.75) is 11.4 Å². The number of nitro groups is 1. The molecule has 0 radical (unpaired) electrons. The number of hydrogen-bond acceptors (Lipinski definition) is 6. The van der Waals surface area contributed by atoms with Gasteiger partial charge in [0.25, 0.3) is 0 Å². The van der Waals surface area contributed by atoms with Crippen molar-refractivity contribution in [3.05, 3.63) is 58.3 Å². The van der Waals surface area contributed by atoms with Gasteiger partial charge in [0, 0.05) is 12.7 Å². The number of primary sulfonamides is 1. The Morgan fingerprint density at radius 2 is 1.90 bits per heavy atom. The van der Waals surface area contributed by atoms with Crippen LogP contribution in [0, 0.1) is 10.1 Å². The summed E-state index contributed by atoms with van der Waals surface area (Å²) in [5, 5.41) is 18.8. The highest BCUT2D eigenvalue weighted by Crippen LogP contribution is 2.29. The summed E-state index contributed by atoms with van der Waals surface area (Å²) in [7, 11) is -4.21. The van der Waals surface area contributed by atoms with Gasteiger partial charge < -0.3 is 5.32 Å². The van der Waals surface area contributed by atoms with Crippen LogP contribution in [0.5, 0.6) is 0 Å². The summed E-state index contributed by atoms with van der Waals surface area (Å²) in [6.07, 6.45) is 1.15. The second-order valence-electron chi connectivity index (χ2n) is 4.15. The van der Waals surface area contributed by atoms with E-state index in [1.165, 1.54) is 0 Å². The van der Waals surface area contributed by atoms with Gasteiger partial charge in [-0.3, -0.25) is 10.1 Å². The quantitative estimate of drug-likeness (QED) is 0.632. The van der Waals surface area contributed by atoms with E-state index >= 15 is 0 Å². The summed E-state index contributed by atoms with van der Waals surface area (Å²) < 4.78 is 22.8. The first-order valence-corrected chi connectivity index (χ1v) is 7.38. The minimum Gasteiger partial charge on any atom is -0.360 e. The molecular formula is C12H12N4O4S. The first kappa shape index (κ1) is 14.9. The molecule has 1 aromatic heterocycles. The molecule has 1 heterocycles. The van der Waals surface area contributed by atoms with E-state index in [-0.39, 0.29) is 12.4 Å². The Bertz CT molecular complexity index is 762. The van der Waals surface area contributed by atoms with Crippen LogP contribution in [0.2, 0.25) is 0 Å². The van der Waals surface area contributed by atoms with Gasteiger partial charge in [0.05, 0.1) is 4.92 Å². The van der Waals surface area contributed by atoms with Crippen LogP contribution in [-0.4, -0.2) is 18.3 Å². The van der Waals surface area contributed by atoms with E-state index in [2.05, 4.69) is 10.3 Å². The minimum absolute atomic E-state index is 0.143. The Balaban J connectivity index is 2.38. The maximum absolute atomic E-state index is 11.4. The summed E-state index contributed by atoms with van der Waals surface area (Å²) >= 11 is 0. The Hall–Kier alpha value is -2.52. The van der Waals surface area contributed by atoms with E-state index in [9.17, 15) is 18.5 Å². The first-order chi connectivity index (χ1) is 9.89. The predicted octanol–water partition coefficient (Wildman–Crippen LogP) is 1.25. The summed E-state index contributed by atoms with van der Waals surface area (Å²) in [5.74, 6) is -0.143. The average Bonchev–Trinajstić information content (AvgIpc) is 2.44. The van der Waals surface area contributed by atoms with E-state index in [4.69, 9.17) is 5.14 Å². The molecule has 0 unspecified atom stereocenters. The van der Waals surface area contributed by atoms with Crippen molar-refractivity contribution < 1.29 is 13.3 Å². The van der Waals surface area contributed by atoms with Gasteiger partial charge in [0.1, 0.15) is 0 Å². The zero-order valence-corrected chi connectivity index (χ0v) is 11.6. The van der Waals surface area contributed by atoms with Crippen LogP contribution in [0.25, 0.3) is 0 Å². The highest BCUT2D eigenvalue weighted by molar-refractivity contribution is 7.89. The SMILES string of the molecule is NS(=O)(=O)c1ccnc(NCc2ccccc2)c1[N+](=O)[O-]. The highest BCUT2D eigenvalue weighted by atomic mass is 32.2. The molecule has 2 rings (SSSR count). The summed E-state index contributed by atoms with van der Waals surface area (Å²) in [6.45, 7) is 0.267. The lowest BCUT2D eigenvalue weighted by molar-refractivity contribution is -0.387. The Morgan fingerprint density at radius 1 is 1.24 bits per heavy atom. The van der Waals surface area contributed by atoms with Gasteiger partial charge in [-0.1, -0.05) is 30.3 Å². The third kappa shape index (κ3) is 3.52. The van der Waals surface area contributed by atoms with Crippen molar-refractivity contribution in [1.82, 2.24) is 4.98 Å². The van der Waals surface area contributed by atoms with Crippen molar-refractivity contribution in [2.75, 3.05) is 5.32 Å². The maximum atomic E-state index is 11.4. The van der Waals surface area contributed by atoms with Crippen LogP contribution < -0.4 is 10.5 Å². The molecule has 1 aromatic carbocycles. The second-order valence-corrected chi connectivity index (χ2v) is 5.68. The number of benzene rings is 1. The zero-order valence-electron chi connectivity index (χ0n) is 10.8. The fourth-order valence-electron chi connectivity index (χ4n) is 1.75. The molecule has 0 saturated carbocycles. The lowest BCUT2D eigenvalue weighted by Gasteiger charge is -2.08. The van der Waals surface area contributed by atoms with Gasteiger partial charge in [-0.15, -0.1) is 0 Å². The smallest absolute Gasteiger partial charge is 0.331 e. The molecule has 0 spiro atoms. The number of hydrogen-bond donors (Lipinski definition) is 2. The van der Waals surface area contributed by atoms with E-state index < -0.39 is 25.5 Å². The van der Waals surface area contributed by atoms with Crippen LogP contribution in [0.4, 0.5) is 11.5 Å². The third-order valence-corrected chi connectivity index (χ3v) is 3.62. The van der Waals surface area contributed by atoms with Crippen LogP contribution in [-0.2, 0) is 16.6 Å². The molecule has 21 heavy (non-hydrogen) atoms. The van der Waals surface area contributed by atoms with Gasteiger partial charge in [-0.25, -0.2) is 18.5 Å².